The smallest absolute Gasteiger partial charge is 0.282 e. The van der Waals surface area contributed by atoms with Crippen LogP contribution in [-0.4, -0.2) is 35.4 Å². The van der Waals surface area contributed by atoms with Crippen molar-refractivity contribution in [1.82, 2.24) is 4.90 Å². The van der Waals surface area contributed by atoms with E-state index in [0.717, 1.165) is 5.56 Å². The lowest BCUT2D eigenvalue weighted by Gasteiger charge is -2.17. The fourth-order valence-corrected chi connectivity index (χ4v) is 3.34. The number of halogens is 1. The van der Waals surface area contributed by atoms with Crippen molar-refractivity contribution >= 4 is 24.0 Å². The van der Waals surface area contributed by atoms with Crippen LogP contribution in [0.15, 0.2) is 54.6 Å². The van der Waals surface area contributed by atoms with Crippen molar-refractivity contribution in [1.29, 1.82) is 0 Å². The zero-order chi connectivity index (χ0) is 17.1. The molecule has 0 aromatic heterocycles. The number of carbonyl (C=O) groups excluding carboxylic acids is 1. The molecule has 0 spiro atoms. The van der Waals surface area contributed by atoms with Crippen molar-refractivity contribution in [2.75, 3.05) is 19.6 Å². The van der Waals surface area contributed by atoms with Crippen LogP contribution in [0.5, 0.6) is 0 Å². The molecule has 25 heavy (non-hydrogen) atoms. The minimum absolute atomic E-state index is 0. The molecule has 6 nitrogen and oxygen atoms in total. The molecule has 0 saturated carbocycles. The minimum atomic E-state index is -0.515. The summed E-state index contributed by atoms with van der Waals surface area (Å²) in [5.74, 6) is 0.00113. The zero-order valence-corrected chi connectivity index (χ0v) is 14.4. The van der Waals surface area contributed by atoms with Crippen LogP contribution in [0.25, 0.3) is 0 Å². The molecule has 0 radical (unpaired) electrons. The van der Waals surface area contributed by atoms with Gasteiger partial charge >= 0.3 is 0 Å². The van der Waals surface area contributed by atoms with E-state index in [4.69, 9.17) is 5.73 Å². The third-order valence-electron chi connectivity index (χ3n) is 4.59. The lowest BCUT2D eigenvalue weighted by molar-refractivity contribution is -0.385. The lowest BCUT2D eigenvalue weighted by atomic mass is 9.89. The molecular formula is C18H20ClN3O3. The molecule has 1 amide bonds. The van der Waals surface area contributed by atoms with E-state index in [1.54, 1.807) is 17.0 Å². The highest BCUT2D eigenvalue weighted by molar-refractivity contribution is 5.98. The molecule has 1 aliphatic rings. The van der Waals surface area contributed by atoms with E-state index in [-0.39, 0.29) is 41.4 Å². The van der Waals surface area contributed by atoms with Gasteiger partial charge in [0.2, 0.25) is 0 Å². The van der Waals surface area contributed by atoms with Crippen molar-refractivity contribution in [3.05, 3.63) is 75.8 Å². The van der Waals surface area contributed by atoms with Gasteiger partial charge in [-0.3, -0.25) is 14.9 Å². The Labute approximate surface area is 152 Å². The molecule has 0 unspecified atom stereocenters. The number of benzene rings is 2. The maximum absolute atomic E-state index is 12.8. The summed E-state index contributed by atoms with van der Waals surface area (Å²) in [5, 5.41) is 11.2. The van der Waals surface area contributed by atoms with Crippen LogP contribution in [0.2, 0.25) is 0 Å². The Bertz CT molecular complexity index is 754. The third-order valence-corrected chi connectivity index (χ3v) is 4.59. The first-order valence-corrected chi connectivity index (χ1v) is 7.89. The Morgan fingerprint density at radius 3 is 2.40 bits per heavy atom. The van der Waals surface area contributed by atoms with E-state index >= 15 is 0 Å². The van der Waals surface area contributed by atoms with Gasteiger partial charge in [-0.15, -0.1) is 12.4 Å². The number of nitro benzene ring substituents is 1. The van der Waals surface area contributed by atoms with Crippen LogP contribution >= 0.6 is 12.4 Å². The van der Waals surface area contributed by atoms with E-state index < -0.39 is 4.92 Å². The van der Waals surface area contributed by atoms with Crippen molar-refractivity contribution < 1.29 is 9.72 Å². The minimum Gasteiger partial charge on any atom is -0.337 e. The van der Waals surface area contributed by atoms with Crippen LogP contribution in [0, 0.1) is 16.0 Å². The van der Waals surface area contributed by atoms with Gasteiger partial charge in [0.05, 0.1) is 4.92 Å². The van der Waals surface area contributed by atoms with Crippen LogP contribution in [0.3, 0.4) is 0 Å². The average Bonchev–Trinajstić information content (AvgIpc) is 3.06. The number of likely N-dealkylation sites (tertiary alicyclic amines) is 1. The van der Waals surface area contributed by atoms with Crippen LogP contribution in [-0.2, 0) is 0 Å². The highest BCUT2D eigenvalue weighted by atomic mass is 35.5. The molecule has 3 rings (SSSR count). The van der Waals surface area contributed by atoms with Crippen molar-refractivity contribution in [2.24, 2.45) is 11.7 Å². The summed E-state index contributed by atoms with van der Waals surface area (Å²) >= 11 is 0. The maximum Gasteiger partial charge on any atom is 0.282 e. The summed E-state index contributed by atoms with van der Waals surface area (Å²) in [6.45, 7) is 1.51. The second-order valence-corrected chi connectivity index (χ2v) is 6.00. The summed E-state index contributed by atoms with van der Waals surface area (Å²) < 4.78 is 0. The number of hydrogen-bond donors (Lipinski definition) is 1. The fourth-order valence-electron chi connectivity index (χ4n) is 3.34. The van der Waals surface area contributed by atoms with Gasteiger partial charge in [0.25, 0.3) is 11.6 Å². The molecule has 1 heterocycles. The maximum atomic E-state index is 12.8. The predicted octanol–water partition coefficient (Wildman–Crippen LogP) is 2.83. The molecule has 0 bridgehead atoms. The van der Waals surface area contributed by atoms with Crippen molar-refractivity contribution in [2.45, 2.75) is 5.92 Å². The van der Waals surface area contributed by atoms with Gasteiger partial charge in [0.15, 0.2) is 0 Å². The van der Waals surface area contributed by atoms with Gasteiger partial charge in [0, 0.05) is 25.1 Å². The number of amides is 1. The molecule has 7 heteroatoms. The van der Waals surface area contributed by atoms with E-state index in [2.05, 4.69) is 0 Å². The SMILES string of the molecule is Cl.NC[C@@H]1CN(C(=O)c2ccccc2[N+](=O)[O-])C[C@H]1c1ccccc1. The molecule has 2 aromatic carbocycles. The zero-order valence-electron chi connectivity index (χ0n) is 13.6. The Kier molecular flexibility index (Phi) is 6.12. The summed E-state index contributed by atoms with van der Waals surface area (Å²) in [7, 11) is 0. The second-order valence-electron chi connectivity index (χ2n) is 6.00. The summed E-state index contributed by atoms with van der Waals surface area (Å²) in [6, 6.07) is 16.0. The van der Waals surface area contributed by atoms with Crippen molar-refractivity contribution in [3.8, 4) is 0 Å². The van der Waals surface area contributed by atoms with E-state index in [1.165, 1.54) is 12.1 Å². The first-order chi connectivity index (χ1) is 11.6. The summed E-state index contributed by atoms with van der Waals surface area (Å²) in [5.41, 5.74) is 7.01. The first-order valence-electron chi connectivity index (χ1n) is 7.89. The van der Waals surface area contributed by atoms with Crippen LogP contribution in [0.4, 0.5) is 5.69 Å². The number of nitrogens with zero attached hydrogens (tertiary/aromatic N) is 2. The second kappa shape index (κ2) is 8.09. The van der Waals surface area contributed by atoms with Gasteiger partial charge < -0.3 is 10.6 Å². The Balaban J connectivity index is 0.00000225. The number of carbonyl (C=O) groups is 1. The van der Waals surface area contributed by atoms with E-state index in [9.17, 15) is 14.9 Å². The number of para-hydroxylation sites is 1. The van der Waals surface area contributed by atoms with Gasteiger partial charge in [-0.1, -0.05) is 42.5 Å². The molecular weight excluding hydrogens is 342 g/mol. The molecule has 2 N–H and O–H groups in total. The predicted molar refractivity (Wildman–Crippen MR) is 98.0 cm³/mol. The lowest BCUT2D eigenvalue weighted by Crippen LogP contribution is -2.30. The molecule has 2 atom stereocenters. The molecule has 132 valence electrons. The fraction of sp³-hybridized carbons (Fsp3) is 0.278. The molecule has 1 fully saturated rings. The third kappa shape index (κ3) is 3.81. The largest absolute Gasteiger partial charge is 0.337 e. The number of hydrogen-bond acceptors (Lipinski definition) is 4. The normalized spacial score (nSPS) is 19.3. The van der Waals surface area contributed by atoms with E-state index in [0.29, 0.717) is 19.6 Å². The Morgan fingerprint density at radius 2 is 1.76 bits per heavy atom. The first kappa shape index (κ1) is 18.9. The molecule has 1 aliphatic heterocycles. The Morgan fingerprint density at radius 1 is 1.12 bits per heavy atom. The quantitative estimate of drug-likeness (QED) is 0.669. The number of nitrogens with two attached hydrogens (primary N) is 1. The van der Waals surface area contributed by atoms with E-state index in [1.807, 2.05) is 30.3 Å². The molecule has 0 aliphatic carbocycles. The average molecular weight is 362 g/mol. The molecule has 2 aromatic rings. The monoisotopic (exact) mass is 361 g/mol. The number of rotatable bonds is 4. The van der Waals surface area contributed by atoms with Gasteiger partial charge in [0.1, 0.15) is 5.56 Å². The highest BCUT2D eigenvalue weighted by Crippen LogP contribution is 2.33. The van der Waals surface area contributed by atoms with Gasteiger partial charge in [-0.2, -0.15) is 0 Å². The topological polar surface area (TPSA) is 89.5 Å². The molecule has 1 saturated heterocycles. The Hall–Kier alpha value is -2.44. The van der Waals surface area contributed by atoms with Crippen LogP contribution < -0.4 is 5.73 Å². The van der Waals surface area contributed by atoms with Crippen LogP contribution in [0.1, 0.15) is 21.8 Å². The highest BCUT2D eigenvalue weighted by Gasteiger charge is 2.37. The van der Waals surface area contributed by atoms with Crippen molar-refractivity contribution in [3.63, 3.8) is 0 Å². The summed E-state index contributed by atoms with van der Waals surface area (Å²) in [6.07, 6.45) is 0. The number of nitro groups is 1. The van der Waals surface area contributed by atoms with Gasteiger partial charge in [-0.05, 0) is 24.1 Å². The van der Waals surface area contributed by atoms with Gasteiger partial charge in [-0.25, -0.2) is 0 Å². The standard InChI is InChI=1S/C18H19N3O3.ClH/c19-10-14-11-20(12-16(14)13-6-2-1-3-7-13)18(22)15-8-4-5-9-17(15)21(23)24;/h1-9,14,16H,10-12,19H2;1H/t14-,16+;/m1./s1. The summed E-state index contributed by atoms with van der Waals surface area (Å²) in [4.78, 5) is 25.1.